The van der Waals surface area contributed by atoms with E-state index < -0.39 is 0 Å². The van der Waals surface area contributed by atoms with E-state index in [4.69, 9.17) is 4.74 Å². The van der Waals surface area contributed by atoms with Gasteiger partial charge < -0.3 is 4.74 Å². The molecule has 0 radical (unpaired) electrons. The molecule has 0 aliphatic carbocycles. The molecule has 0 aromatic heterocycles. The molecule has 0 spiro atoms. The smallest absolute Gasteiger partial charge is 0.129 e. The second kappa shape index (κ2) is 5.40. The van der Waals surface area contributed by atoms with Crippen LogP contribution in [0.2, 0.25) is 0 Å². The molecule has 1 rings (SSSR count). The van der Waals surface area contributed by atoms with Gasteiger partial charge in [-0.05, 0) is 29.4 Å². The Morgan fingerprint density at radius 2 is 1.53 bits per heavy atom. The highest BCUT2D eigenvalue weighted by molar-refractivity contribution is 5.63. The van der Waals surface area contributed by atoms with E-state index in [0.29, 0.717) is 0 Å². The molecule has 0 bridgehead atoms. The zero-order valence-electron chi connectivity index (χ0n) is 13.7. The van der Waals surface area contributed by atoms with Crippen LogP contribution in [0.25, 0.3) is 6.08 Å². The summed E-state index contributed by atoms with van der Waals surface area (Å²) in [6.07, 6.45) is 4.19. The molecule has 0 aliphatic rings. The van der Waals surface area contributed by atoms with Gasteiger partial charge in [0.25, 0.3) is 0 Å². The first-order chi connectivity index (χ1) is 8.61. The topological polar surface area (TPSA) is 9.23 Å². The van der Waals surface area contributed by atoms with Crippen molar-refractivity contribution in [2.45, 2.75) is 59.3 Å². The average Bonchev–Trinajstić information content (AvgIpc) is 2.26. The zero-order valence-corrected chi connectivity index (χ0v) is 13.7. The van der Waals surface area contributed by atoms with E-state index in [0.717, 1.165) is 5.75 Å². The highest BCUT2D eigenvalue weighted by Crippen LogP contribution is 2.38. The van der Waals surface area contributed by atoms with Crippen molar-refractivity contribution in [1.82, 2.24) is 0 Å². The van der Waals surface area contributed by atoms with Gasteiger partial charge in [0.1, 0.15) is 5.75 Å². The van der Waals surface area contributed by atoms with E-state index >= 15 is 0 Å². The van der Waals surface area contributed by atoms with Crippen molar-refractivity contribution in [2.24, 2.45) is 0 Å². The monoisotopic (exact) mass is 260 g/mol. The third-order valence-electron chi connectivity index (χ3n) is 3.34. The summed E-state index contributed by atoms with van der Waals surface area (Å²) >= 11 is 0. The molecule has 1 nitrogen and oxygen atoms in total. The third kappa shape index (κ3) is 3.62. The molecule has 1 heteroatoms. The minimum Gasteiger partial charge on any atom is -0.496 e. The van der Waals surface area contributed by atoms with E-state index in [1.54, 1.807) is 7.11 Å². The molecule has 0 saturated carbocycles. The molecule has 0 aliphatic heterocycles. The molecule has 0 N–H and O–H groups in total. The molecule has 0 fully saturated rings. The van der Waals surface area contributed by atoms with Gasteiger partial charge in [0, 0.05) is 11.1 Å². The number of ether oxygens (including phenoxy) is 1. The predicted octanol–water partition coefficient (Wildman–Crippen LogP) is 5.32. The summed E-state index contributed by atoms with van der Waals surface area (Å²) in [5, 5.41) is 0. The quantitative estimate of drug-likeness (QED) is 0.699. The SMILES string of the molecule is CC=Cc1cc(C(C)(C)C)cc(C(C)(C)C)c1OC. The minimum atomic E-state index is 0.0724. The summed E-state index contributed by atoms with van der Waals surface area (Å²) in [5.41, 5.74) is 4.01. The van der Waals surface area contributed by atoms with Gasteiger partial charge in [0.2, 0.25) is 0 Å². The minimum absolute atomic E-state index is 0.0724. The van der Waals surface area contributed by atoms with Gasteiger partial charge in [-0.15, -0.1) is 0 Å². The van der Waals surface area contributed by atoms with Crippen molar-refractivity contribution in [3.63, 3.8) is 0 Å². The molecule has 1 aromatic rings. The van der Waals surface area contributed by atoms with Crippen LogP contribution in [0.5, 0.6) is 5.75 Å². The van der Waals surface area contributed by atoms with Crippen molar-refractivity contribution in [1.29, 1.82) is 0 Å². The van der Waals surface area contributed by atoms with Crippen molar-refractivity contribution in [3.05, 3.63) is 34.9 Å². The van der Waals surface area contributed by atoms with Gasteiger partial charge in [0.05, 0.1) is 7.11 Å². The number of benzene rings is 1. The average molecular weight is 260 g/mol. The summed E-state index contributed by atoms with van der Waals surface area (Å²) < 4.78 is 5.67. The third-order valence-corrected chi connectivity index (χ3v) is 3.34. The first-order valence-corrected chi connectivity index (χ1v) is 6.97. The van der Waals surface area contributed by atoms with Crippen molar-refractivity contribution in [2.75, 3.05) is 7.11 Å². The van der Waals surface area contributed by atoms with E-state index in [1.165, 1.54) is 16.7 Å². The lowest BCUT2D eigenvalue weighted by molar-refractivity contribution is 0.395. The van der Waals surface area contributed by atoms with E-state index in [1.807, 2.05) is 6.92 Å². The van der Waals surface area contributed by atoms with E-state index in [2.05, 4.69) is 65.8 Å². The van der Waals surface area contributed by atoms with Crippen LogP contribution in [-0.2, 0) is 10.8 Å². The van der Waals surface area contributed by atoms with Crippen LogP contribution in [0.15, 0.2) is 18.2 Å². The van der Waals surface area contributed by atoms with Crippen LogP contribution in [0.1, 0.15) is 65.2 Å². The Kier molecular flexibility index (Phi) is 4.50. The highest BCUT2D eigenvalue weighted by atomic mass is 16.5. The van der Waals surface area contributed by atoms with Crippen LogP contribution >= 0.6 is 0 Å². The first-order valence-electron chi connectivity index (χ1n) is 6.97. The van der Waals surface area contributed by atoms with Crippen LogP contribution in [0, 0.1) is 0 Å². The zero-order chi connectivity index (χ0) is 14.8. The molecule has 0 atom stereocenters. The Balaban J connectivity index is 3.64. The van der Waals surface area contributed by atoms with Crippen molar-refractivity contribution >= 4 is 6.08 Å². The number of allylic oxidation sites excluding steroid dienone is 1. The Morgan fingerprint density at radius 1 is 0.947 bits per heavy atom. The second-order valence-electron chi connectivity index (χ2n) is 7.15. The maximum absolute atomic E-state index is 5.67. The van der Waals surface area contributed by atoms with Gasteiger partial charge >= 0.3 is 0 Å². The van der Waals surface area contributed by atoms with E-state index in [-0.39, 0.29) is 10.8 Å². The van der Waals surface area contributed by atoms with Crippen LogP contribution in [0.3, 0.4) is 0 Å². The van der Waals surface area contributed by atoms with E-state index in [9.17, 15) is 0 Å². The number of methoxy groups -OCH3 is 1. The number of hydrogen-bond donors (Lipinski definition) is 0. The Labute approximate surface area is 118 Å². The fourth-order valence-corrected chi connectivity index (χ4v) is 2.17. The summed E-state index contributed by atoms with van der Waals surface area (Å²) in [5.74, 6) is 0.999. The lowest BCUT2D eigenvalue weighted by atomic mass is 9.79. The summed E-state index contributed by atoms with van der Waals surface area (Å²) in [6, 6.07) is 4.54. The maximum Gasteiger partial charge on any atom is 0.129 e. The van der Waals surface area contributed by atoms with Gasteiger partial charge in [-0.3, -0.25) is 0 Å². The Hall–Kier alpha value is -1.24. The van der Waals surface area contributed by atoms with Crippen molar-refractivity contribution in [3.8, 4) is 5.75 Å². The Morgan fingerprint density at radius 3 is 1.89 bits per heavy atom. The number of rotatable bonds is 2. The van der Waals surface area contributed by atoms with Gasteiger partial charge in [-0.1, -0.05) is 59.8 Å². The molecule has 0 saturated heterocycles. The fraction of sp³-hybridized carbons (Fsp3) is 0.556. The number of hydrogen-bond acceptors (Lipinski definition) is 1. The fourth-order valence-electron chi connectivity index (χ4n) is 2.17. The molecular weight excluding hydrogens is 232 g/mol. The molecule has 1 aromatic carbocycles. The van der Waals surface area contributed by atoms with Gasteiger partial charge in [-0.25, -0.2) is 0 Å². The lowest BCUT2D eigenvalue weighted by Gasteiger charge is -2.28. The highest BCUT2D eigenvalue weighted by Gasteiger charge is 2.24. The Bertz CT molecular complexity index is 468. The predicted molar refractivity (Wildman–Crippen MR) is 85.1 cm³/mol. The molecule has 0 heterocycles. The lowest BCUT2D eigenvalue weighted by Crippen LogP contribution is -2.18. The molecule has 106 valence electrons. The maximum atomic E-state index is 5.67. The molecule has 19 heavy (non-hydrogen) atoms. The molecule has 0 unspecified atom stereocenters. The van der Waals surface area contributed by atoms with Crippen LogP contribution < -0.4 is 4.74 Å². The van der Waals surface area contributed by atoms with Crippen LogP contribution in [0.4, 0.5) is 0 Å². The van der Waals surface area contributed by atoms with Gasteiger partial charge in [-0.2, -0.15) is 0 Å². The second-order valence-corrected chi connectivity index (χ2v) is 7.15. The summed E-state index contributed by atoms with van der Waals surface area (Å²) in [6.45, 7) is 15.5. The molecule has 0 amide bonds. The summed E-state index contributed by atoms with van der Waals surface area (Å²) in [7, 11) is 1.76. The van der Waals surface area contributed by atoms with Crippen molar-refractivity contribution < 1.29 is 4.74 Å². The van der Waals surface area contributed by atoms with Crippen LogP contribution in [-0.4, -0.2) is 7.11 Å². The standard InChI is InChI=1S/C18H28O/c1-9-10-13-11-14(17(2,3)4)12-15(16(13)19-8)18(5,6)7/h9-12H,1-8H3. The normalized spacial score (nSPS) is 13.1. The van der Waals surface area contributed by atoms with Gasteiger partial charge in [0.15, 0.2) is 0 Å². The first kappa shape index (κ1) is 15.8. The molecular formula is C18H28O. The largest absolute Gasteiger partial charge is 0.496 e. The summed E-state index contributed by atoms with van der Waals surface area (Å²) in [4.78, 5) is 0.